The summed E-state index contributed by atoms with van der Waals surface area (Å²) in [7, 11) is 0. The molecule has 0 saturated carbocycles. The first kappa shape index (κ1) is 16.5. The largest absolute Gasteiger partial charge is 0.463 e. The van der Waals surface area contributed by atoms with Crippen LogP contribution >= 0.6 is 11.8 Å². The quantitative estimate of drug-likeness (QED) is 0.650. The smallest absolute Gasteiger partial charge is 0.358 e. The number of rotatable bonds is 6. The van der Waals surface area contributed by atoms with Crippen molar-refractivity contribution in [2.75, 3.05) is 6.61 Å². The second kappa shape index (κ2) is 7.42. The molecule has 2 aromatic carbocycles. The van der Waals surface area contributed by atoms with Crippen molar-refractivity contribution in [1.82, 2.24) is 0 Å². The molecule has 0 aliphatic heterocycles. The van der Waals surface area contributed by atoms with E-state index in [0.717, 1.165) is 0 Å². The van der Waals surface area contributed by atoms with Crippen LogP contribution in [0.2, 0.25) is 0 Å². The van der Waals surface area contributed by atoms with Gasteiger partial charge in [0.2, 0.25) is 0 Å². The highest BCUT2D eigenvalue weighted by Gasteiger charge is 2.49. The monoisotopic (exact) mass is 320 g/mol. The fourth-order valence-electron chi connectivity index (χ4n) is 1.95. The van der Waals surface area contributed by atoms with Crippen molar-refractivity contribution in [2.45, 2.75) is 22.9 Å². The van der Waals surface area contributed by atoms with Crippen LogP contribution in [-0.4, -0.2) is 22.7 Å². The Morgan fingerprint density at radius 3 is 2.27 bits per heavy atom. The predicted octanol–water partition coefficient (Wildman–Crippen LogP) is 3.74. The topological polar surface area (TPSA) is 46.5 Å². The molecule has 3 nitrogen and oxygen atoms in total. The number of benzene rings is 2. The van der Waals surface area contributed by atoms with Crippen molar-refractivity contribution in [3.05, 3.63) is 66.2 Å². The van der Waals surface area contributed by atoms with Crippen LogP contribution in [0.15, 0.2) is 65.6 Å². The van der Waals surface area contributed by atoms with Crippen LogP contribution in [-0.2, 0) is 9.53 Å². The van der Waals surface area contributed by atoms with Gasteiger partial charge in [-0.05, 0) is 24.6 Å². The van der Waals surface area contributed by atoms with Crippen LogP contribution in [0.5, 0.6) is 0 Å². The molecule has 2 rings (SSSR count). The molecule has 0 aromatic heterocycles. The summed E-state index contributed by atoms with van der Waals surface area (Å²) >= 11 is 0.651. The SMILES string of the molecule is CCOC(=O)C(F)(Sc1ccccc1)C(O)c1ccccc1. The maximum Gasteiger partial charge on any atom is 0.358 e. The fourth-order valence-corrected chi connectivity index (χ4v) is 2.97. The molecule has 5 heteroatoms. The van der Waals surface area contributed by atoms with Crippen LogP contribution < -0.4 is 0 Å². The van der Waals surface area contributed by atoms with E-state index < -0.39 is 17.1 Å². The molecule has 0 heterocycles. The summed E-state index contributed by atoms with van der Waals surface area (Å²) in [5.74, 6) is -1.08. The fraction of sp³-hybridized carbons (Fsp3) is 0.235. The van der Waals surface area contributed by atoms with E-state index in [0.29, 0.717) is 22.2 Å². The van der Waals surface area contributed by atoms with Crippen LogP contribution in [0.4, 0.5) is 4.39 Å². The first-order valence-electron chi connectivity index (χ1n) is 6.91. The lowest BCUT2D eigenvalue weighted by Gasteiger charge is -2.27. The van der Waals surface area contributed by atoms with Crippen LogP contribution in [0, 0.1) is 0 Å². The van der Waals surface area contributed by atoms with Gasteiger partial charge in [0.05, 0.1) is 6.61 Å². The Kier molecular flexibility index (Phi) is 5.57. The summed E-state index contributed by atoms with van der Waals surface area (Å²) in [6, 6.07) is 16.9. The number of hydrogen-bond donors (Lipinski definition) is 1. The Morgan fingerprint density at radius 1 is 1.18 bits per heavy atom. The number of alkyl halides is 1. The standard InChI is InChI=1S/C17H17FO3S/c1-2-21-16(20)17(18,22-14-11-7-4-8-12-14)15(19)13-9-5-3-6-10-13/h3-12,15,19H,2H2,1H3. The maximum atomic E-state index is 15.4. The summed E-state index contributed by atoms with van der Waals surface area (Å²) in [6.45, 7) is 1.64. The Balaban J connectivity index is 2.35. The molecular formula is C17H17FO3S. The Hall–Kier alpha value is -1.85. The number of carbonyl (C=O) groups is 1. The molecule has 1 N–H and O–H groups in total. The predicted molar refractivity (Wildman–Crippen MR) is 84.2 cm³/mol. The molecule has 0 fully saturated rings. The van der Waals surface area contributed by atoms with E-state index in [1.807, 2.05) is 0 Å². The minimum absolute atomic E-state index is 0.0430. The molecule has 0 saturated heterocycles. The zero-order valence-corrected chi connectivity index (χ0v) is 12.9. The van der Waals surface area contributed by atoms with Crippen LogP contribution in [0.3, 0.4) is 0 Å². The highest BCUT2D eigenvalue weighted by Crippen LogP contribution is 2.44. The van der Waals surface area contributed by atoms with Crippen molar-refractivity contribution in [1.29, 1.82) is 0 Å². The van der Waals surface area contributed by atoms with Gasteiger partial charge in [-0.2, -0.15) is 0 Å². The molecular weight excluding hydrogens is 303 g/mol. The van der Waals surface area contributed by atoms with Gasteiger partial charge in [0.15, 0.2) is 0 Å². The number of aliphatic hydroxyl groups excluding tert-OH is 1. The zero-order chi connectivity index (χ0) is 16.0. The van der Waals surface area contributed by atoms with E-state index in [4.69, 9.17) is 4.74 Å². The van der Waals surface area contributed by atoms with E-state index in [-0.39, 0.29) is 6.61 Å². The Labute approximate surface area is 133 Å². The highest BCUT2D eigenvalue weighted by molar-refractivity contribution is 8.01. The molecule has 22 heavy (non-hydrogen) atoms. The normalized spacial score (nSPS) is 14.9. The van der Waals surface area contributed by atoms with Gasteiger partial charge in [0.25, 0.3) is 5.00 Å². The minimum Gasteiger partial charge on any atom is -0.463 e. The number of aliphatic hydroxyl groups is 1. The van der Waals surface area contributed by atoms with E-state index in [1.165, 1.54) is 0 Å². The molecule has 0 aliphatic rings. The van der Waals surface area contributed by atoms with Crippen molar-refractivity contribution >= 4 is 17.7 Å². The molecule has 0 spiro atoms. The van der Waals surface area contributed by atoms with Gasteiger partial charge in [-0.1, -0.05) is 60.3 Å². The summed E-state index contributed by atoms with van der Waals surface area (Å²) < 4.78 is 20.2. The first-order valence-corrected chi connectivity index (χ1v) is 7.72. The van der Waals surface area contributed by atoms with Gasteiger partial charge in [-0.3, -0.25) is 0 Å². The van der Waals surface area contributed by atoms with Crippen molar-refractivity contribution in [3.63, 3.8) is 0 Å². The summed E-state index contributed by atoms with van der Waals surface area (Å²) in [6.07, 6.45) is -1.63. The summed E-state index contributed by atoms with van der Waals surface area (Å²) in [5.41, 5.74) is 0.321. The number of thioether (sulfide) groups is 1. The maximum absolute atomic E-state index is 15.4. The highest BCUT2D eigenvalue weighted by atomic mass is 32.2. The average Bonchev–Trinajstić information content (AvgIpc) is 2.56. The van der Waals surface area contributed by atoms with Crippen molar-refractivity contribution in [3.8, 4) is 0 Å². The van der Waals surface area contributed by atoms with Crippen molar-refractivity contribution in [2.24, 2.45) is 0 Å². The molecule has 0 radical (unpaired) electrons. The number of ether oxygens (including phenoxy) is 1. The molecule has 2 aromatic rings. The number of halogens is 1. The first-order chi connectivity index (χ1) is 10.6. The molecule has 0 bridgehead atoms. The molecule has 2 unspecified atom stereocenters. The van der Waals surface area contributed by atoms with Crippen molar-refractivity contribution < 1.29 is 19.0 Å². The lowest BCUT2D eigenvalue weighted by Crippen LogP contribution is -2.38. The molecule has 2 atom stereocenters. The second-order valence-electron chi connectivity index (χ2n) is 4.59. The number of hydrogen-bond acceptors (Lipinski definition) is 4. The average molecular weight is 320 g/mol. The lowest BCUT2D eigenvalue weighted by atomic mass is 10.1. The second-order valence-corrected chi connectivity index (χ2v) is 5.86. The molecule has 0 amide bonds. The van der Waals surface area contributed by atoms with Gasteiger partial charge >= 0.3 is 5.97 Å². The van der Waals surface area contributed by atoms with E-state index in [9.17, 15) is 9.90 Å². The van der Waals surface area contributed by atoms with Crippen LogP contribution in [0.1, 0.15) is 18.6 Å². The third-order valence-electron chi connectivity index (χ3n) is 3.03. The van der Waals surface area contributed by atoms with Crippen LogP contribution in [0.25, 0.3) is 0 Å². The zero-order valence-electron chi connectivity index (χ0n) is 12.1. The molecule has 0 aliphatic carbocycles. The van der Waals surface area contributed by atoms with E-state index in [1.54, 1.807) is 67.6 Å². The number of carbonyl (C=O) groups excluding carboxylic acids is 1. The molecule has 116 valence electrons. The Bertz CT molecular complexity index is 606. The van der Waals surface area contributed by atoms with Gasteiger partial charge in [0, 0.05) is 4.90 Å². The lowest BCUT2D eigenvalue weighted by molar-refractivity contribution is -0.156. The van der Waals surface area contributed by atoms with E-state index in [2.05, 4.69) is 0 Å². The van der Waals surface area contributed by atoms with Gasteiger partial charge in [-0.15, -0.1) is 0 Å². The minimum atomic E-state index is -2.61. The third kappa shape index (κ3) is 3.67. The third-order valence-corrected chi connectivity index (χ3v) is 4.23. The number of esters is 1. The summed E-state index contributed by atoms with van der Waals surface area (Å²) in [5, 5.41) is 7.79. The van der Waals surface area contributed by atoms with E-state index >= 15 is 4.39 Å². The van der Waals surface area contributed by atoms with Gasteiger partial charge < -0.3 is 9.84 Å². The van der Waals surface area contributed by atoms with Gasteiger partial charge in [-0.25, -0.2) is 9.18 Å². The summed E-state index contributed by atoms with van der Waals surface area (Å²) in [4.78, 5) is 12.6. The van der Waals surface area contributed by atoms with Gasteiger partial charge in [0.1, 0.15) is 6.10 Å². The Morgan fingerprint density at radius 2 is 1.73 bits per heavy atom.